The van der Waals surface area contributed by atoms with Gasteiger partial charge in [0.2, 0.25) is 0 Å². The van der Waals surface area contributed by atoms with Crippen LogP contribution in [0.2, 0.25) is 0 Å². The van der Waals surface area contributed by atoms with Gasteiger partial charge in [-0.05, 0) is 159 Å². The van der Waals surface area contributed by atoms with E-state index in [0.717, 1.165) is 103 Å². The lowest BCUT2D eigenvalue weighted by Crippen LogP contribution is -2.40. The zero-order valence-electron chi connectivity index (χ0n) is 30.1. The monoisotopic (exact) mass is 686 g/mol. The van der Waals surface area contributed by atoms with E-state index >= 15 is 0 Å². The topological polar surface area (TPSA) is 129 Å². The van der Waals surface area contributed by atoms with Crippen molar-refractivity contribution in [2.24, 2.45) is 35.5 Å². The van der Waals surface area contributed by atoms with Crippen molar-refractivity contribution in [1.82, 2.24) is 10.6 Å². The molecule has 4 aliphatic carbocycles. The molecule has 0 aliphatic heterocycles. The van der Waals surface area contributed by atoms with Crippen molar-refractivity contribution in [3.63, 3.8) is 0 Å². The molecule has 4 saturated carbocycles. The quantitative estimate of drug-likeness (QED) is 0.108. The average Bonchev–Trinajstić information content (AvgIpc) is 3.10. The zero-order valence-corrected chi connectivity index (χ0v) is 30.1. The molecule has 0 aromatic rings. The highest BCUT2D eigenvalue weighted by molar-refractivity contribution is 5.87. The van der Waals surface area contributed by atoms with Gasteiger partial charge in [-0.25, -0.2) is 19.2 Å². The van der Waals surface area contributed by atoms with E-state index in [-0.39, 0.29) is 36.2 Å². The zero-order chi connectivity index (χ0) is 35.2. The molecule has 4 fully saturated rings. The summed E-state index contributed by atoms with van der Waals surface area (Å²) in [4.78, 5) is 48.2. The van der Waals surface area contributed by atoms with Gasteiger partial charge < -0.3 is 29.6 Å². The molecule has 4 rings (SSSR count). The molecule has 2 amide bonds. The summed E-state index contributed by atoms with van der Waals surface area (Å²) in [6.07, 6.45) is 17.0. The number of carbonyl (C=O) groups is 4. The SMILES string of the molecule is C=C(C)C(=O)OCC1CCC(COC(=O)NC2CCC(CC3CCC(NC(=O)OCC4CCC(COC(=O)C(=C)C)CC4)CC3)CC2)CC1. The van der Waals surface area contributed by atoms with E-state index in [1.54, 1.807) is 13.8 Å². The predicted molar refractivity (Wildman–Crippen MR) is 188 cm³/mol. The Labute approximate surface area is 293 Å². The number of hydrogen-bond acceptors (Lipinski definition) is 8. The van der Waals surface area contributed by atoms with Crippen LogP contribution in [0.15, 0.2) is 24.3 Å². The first-order chi connectivity index (χ1) is 23.5. The Morgan fingerprint density at radius 2 is 0.714 bits per heavy atom. The normalized spacial score (nSPS) is 30.2. The number of carbonyl (C=O) groups excluding carboxylic acids is 4. The van der Waals surface area contributed by atoms with Gasteiger partial charge in [0.25, 0.3) is 0 Å². The van der Waals surface area contributed by atoms with Gasteiger partial charge in [0.1, 0.15) is 0 Å². The second-order valence-electron chi connectivity index (χ2n) is 15.7. The third kappa shape index (κ3) is 14.0. The van der Waals surface area contributed by atoms with Crippen LogP contribution in [0.25, 0.3) is 0 Å². The fourth-order valence-corrected chi connectivity index (χ4v) is 8.12. The van der Waals surface area contributed by atoms with Gasteiger partial charge in [-0.15, -0.1) is 0 Å². The highest BCUT2D eigenvalue weighted by Gasteiger charge is 2.30. The Morgan fingerprint density at radius 1 is 0.449 bits per heavy atom. The van der Waals surface area contributed by atoms with Crippen LogP contribution in [-0.2, 0) is 28.5 Å². The predicted octanol–water partition coefficient (Wildman–Crippen LogP) is 7.80. The summed E-state index contributed by atoms with van der Waals surface area (Å²) >= 11 is 0. The number of nitrogens with one attached hydrogen (secondary N) is 2. The van der Waals surface area contributed by atoms with Crippen molar-refractivity contribution in [1.29, 1.82) is 0 Å². The second-order valence-corrected chi connectivity index (χ2v) is 15.7. The van der Waals surface area contributed by atoms with Crippen LogP contribution in [0.5, 0.6) is 0 Å². The molecular weight excluding hydrogens is 624 g/mol. The van der Waals surface area contributed by atoms with Crippen LogP contribution in [0, 0.1) is 35.5 Å². The number of ether oxygens (including phenoxy) is 4. The van der Waals surface area contributed by atoms with Crippen molar-refractivity contribution >= 4 is 24.1 Å². The Hall–Kier alpha value is -3.04. The third-order valence-corrected chi connectivity index (χ3v) is 11.4. The third-order valence-electron chi connectivity index (χ3n) is 11.4. The van der Waals surface area contributed by atoms with Gasteiger partial charge in [-0.2, -0.15) is 0 Å². The summed E-state index contributed by atoms with van der Waals surface area (Å²) in [6.45, 7) is 12.4. The largest absolute Gasteiger partial charge is 0.462 e. The molecule has 0 spiro atoms. The molecule has 0 aromatic carbocycles. The van der Waals surface area contributed by atoms with Crippen LogP contribution in [0.4, 0.5) is 9.59 Å². The standard InChI is InChI=1S/C39H62N2O8/c1-26(2)36(42)46-22-30-5-9-32(10-6-30)24-48-38(44)40-34-17-13-28(14-18-34)21-29-15-19-35(20-16-29)41-39(45)49-25-33-11-7-31(8-12-33)23-47-37(43)27(3)4/h28-35H,1,3,5-25H2,2,4H3,(H,40,44)(H,41,45). The first kappa shape index (κ1) is 38.8. The van der Waals surface area contributed by atoms with Crippen LogP contribution in [-0.4, -0.2) is 62.6 Å². The molecule has 2 N–H and O–H groups in total. The van der Waals surface area contributed by atoms with E-state index in [9.17, 15) is 19.2 Å². The van der Waals surface area contributed by atoms with E-state index in [2.05, 4.69) is 23.8 Å². The molecule has 0 saturated heterocycles. The minimum atomic E-state index is -0.322. The number of amides is 2. The summed E-state index contributed by atoms with van der Waals surface area (Å²) in [5, 5.41) is 6.21. The van der Waals surface area contributed by atoms with Crippen molar-refractivity contribution in [3.05, 3.63) is 24.3 Å². The van der Waals surface area contributed by atoms with Crippen LogP contribution >= 0.6 is 0 Å². The molecule has 49 heavy (non-hydrogen) atoms. The molecule has 10 nitrogen and oxygen atoms in total. The summed E-state index contributed by atoms with van der Waals surface area (Å²) in [6, 6.07) is 0.379. The molecule has 0 bridgehead atoms. The highest BCUT2D eigenvalue weighted by atomic mass is 16.6. The molecule has 10 heteroatoms. The summed E-state index contributed by atoms with van der Waals surface area (Å²) < 4.78 is 21.8. The summed E-state index contributed by atoms with van der Waals surface area (Å²) in [5.74, 6) is 2.25. The molecule has 4 aliphatic rings. The van der Waals surface area contributed by atoms with E-state index < -0.39 is 0 Å². The van der Waals surface area contributed by atoms with Crippen LogP contribution < -0.4 is 10.6 Å². The number of rotatable bonds is 14. The lowest BCUT2D eigenvalue weighted by molar-refractivity contribution is -0.141. The fourth-order valence-electron chi connectivity index (χ4n) is 8.12. The molecule has 276 valence electrons. The second kappa shape index (κ2) is 20.0. The fraction of sp³-hybridized carbons (Fsp3) is 0.795. The number of alkyl carbamates (subject to hydrolysis) is 2. The lowest BCUT2D eigenvalue weighted by Gasteiger charge is -2.34. The average molecular weight is 687 g/mol. The van der Waals surface area contributed by atoms with Crippen LogP contribution in [0.1, 0.15) is 123 Å². The Balaban J connectivity index is 0.987. The highest BCUT2D eigenvalue weighted by Crippen LogP contribution is 2.36. The van der Waals surface area contributed by atoms with E-state index in [1.807, 2.05) is 0 Å². The molecule has 0 atom stereocenters. The molecule has 0 unspecified atom stereocenters. The van der Waals surface area contributed by atoms with Gasteiger partial charge in [-0.3, -0.25) is 0 Å². The first-order valence-corrected chi connectivity index (χ1v) is 19.1. The molecule has 0 radical (unpaired) electrons. The summed E-state index contributed by atoms with van der Waals surface area (Å²) in [7, 11) is 0. The molecule has 0 aromatic heterocycles. The van der Waals surface area contributed by atoms with Crippen molar-refractivity contribution in [3.8, 4) is 0 Å². The minimum absolute atomic E-state index is 0.190. The summed E-state index contributed by atoms with van der Waals surface area (Å²) in [5.41, 5.74) is 0.860. The van der Waals surface area contributed by atoms with Crippen LogP contribution in [0.3, 0.4) is 0 Å². The Morgan fingerprint density at radius 3 is 1.00 bits per heavy atom. The van der Waals surface area contributed by atoms with Gasteiger partial charge in [0.15, 0.2) is 0 Å². The van der Waals surface area contributed by atoms with Gasteiger partial charge in [0.05, 0.1) is 26.4 Å². The van der Waals surface area contributed by atoms with Gasteiger partial charge >= 0.3 is 24.1 Å². The first-order valence-electron chi connectivity index (χ1n) is 19.1. The van der Waals surface area contributed by atoms with E-state index in [0.29, 0.717) is 73.1 Å². The minimum Gasteiger partial charge on any atom is -0.462 e. The van der Waals surface area contributed by atoms with Crippen molar-refractivity contribution in [2.45, 2.75) is 135 Å². The molecule has 0 heterocycles. The lowest BCUT2D eigenvalue weighted by atomic mass is 9.76. The maximum absolute atomic E-state index is 12.5. The van der Waals surface area contributed by atoms with Gasteiger partial charge in [-0.1, -0.05) is 13.2 Å². The Bertz CT molecular complexity index is 1020. The Kier molecular flexibility index (Phi) is 15.8. The smallest absolute Gasteiger partial charge is 0.407 e. The maximum Gasteiger partial charge on any atom is 0.407 e. The van der Waals surface area contributed by atoms with Crippen molar-refractivity contribution < 1.29 is 38.1 Å². The van der Waals surface area contributed by atoms with Gasteiger partial charge in [0, 0.05) is 23.2 Å². The van der Waals surface area contributed by atoms with Crippen molar-refractivity contribution in [2.75, 3.05) is 26.4 Å². The van der Waals surface area contributed by atoms with E-state index in [4.69, 9.17) is 18.9 Å². The molecular formula is C39H62N2O8. The number of hydrogen-bond donors (Lipinski definition) is 2. The maximum atomic E-state index is 12.5. The number of esters is 2. The van der Waals surface area contributed by atoms with E-state index in [1.165, 1.54) is 6.42 Å².